The zero-order valence-corrected chi connectivity index (χ0v) is 16.5. The minimum Gasteiger partial charge on any atom is -0.497 e. The molecule has 1 fully saturated rings. The molecule has 4 rings (SSSR count). The number of carbonyl (C=O) groups excluding carboxylic acids is 1. The summed E-state index contributed by atoms with van der Waals surface area (Å²) in [6, 6.07) is 9.35. The van der Waals surface area contributed by atoms with Crippen molar-refractivity contribution in [3.05, 3.63) is 46.5 Å². The molecule has 0 saturated heterocycles. The molecule has 0 unspecified atom stereocenters. The highest BCUT2D eigenvalue weighted by atomic mass is 16.5. The van der Waals surface area contributed by atoms with Gasteiger partial charge in [0, 0.05) is 11.6 Å². The molecule has 0 spiro atoms. The number of hydrogen-bond acceptors (Lipinski definition) is 5. The molecule has 0 atom stereocenters. The van der Waals surface area contributed by atoms with Gasteiger partial charge in [0.1, 0.15) is 11.3 Å². The van der Waals surface area contributed by atoms with Gasteiger partial charge in [-0.15, -0.1) is 0 Å². The first-order valence-electron chi connectivity index (χ1n) is 10.0. The van der Waals surface area contributed by atoms with Crippen LogP contribution in [0.4, 0.5) is 0 Å². The molecule has 29 heavy (non-hydrogen) atoms. The Kier molecular flexibility index (Phi) is 5.59. The molecule has 0 aliphatic heterocycles. The van der Waals surface area contributed by atoms with E-state index in [1.165, 1.54) is 17.4 Å². The second-order valence-corrected chi connectivity index (χ2v) is 7.46. The van der Waals surface area contributed by atoms with Crippen LogP contribution in [0, 0.1) is 0 Å². The highest BCUT2D eigenvalue weighted by Gasteiger charge is 2.18. The van der Waals surface area contributed by atoms with E-state index >= 15 is 0 Å². The van der Waals surface area contributed by atoms with E-state index in [4.69, 9.17) is 4.74 Å². The molecular weight excluding hydrogens is 370 g/mol. The van der Waals surface area contributed by atoms with Crippen LogP contribution in [0.3, 0.4) is 0 Å². The fourth-order valence-corrected chi connectivity index (χ4v) is 3.82. The Morgan fingerprint density at radius 2 is 1.93 bits per heavy atom. The van der Waals surface area contributed by atoms with Crippen LogP contribution < -0.4 is 15.6 Å². The number of benzene rings is 1. The van der Waals surface area contributed by atoms with Crippen molar-refractivity contribution < 1.29 is 9.53 Å². The first-order valence-corrected chi connectivity index (χ1v) is 10.0. The Balaban J connectivity index is 1.57. The van der Waals surface area contributed by atoms with E-state index in [-0.39, 0.29) is 23.9 Å². The van der Waals surface area contributed by atoms with Crippen LogP contribution >= 0.6 is 0 Å². The van der Waals surface area contributed by atoms with Crippen LogP contribution in [0.15, 0.2) is 35.1 Å². The Labute approximate surface area is 168 Å². The number of aromatic nitrogens is 4. The van der Waals surface area contributed by atoms with E-state index in [2.05, 4.69) is 20.6 Å². The number of H-pyrrole nitrogens is 1. The summed E-state index contributed by atoms with van der Waals surface area (Å²) in [5, 5.41) is 14.2. The molecule has 2 aromatic heterocycles. The van der Waals surface area contributed by atoms with Crippen molar-refractivity contribution >= 4 is 11.4 Å². The molecular formula is C21H25N5O3. The average molecular weight is 395 g/mol. The normalized spacial score (nSPS) is 15.2. The number of hydrogen-bond donors (Lipinski definition) is 2. The van der Waals surface area contributed by atoms with E-state index in [1.54, 1.807) is 13.2 Å². The fourth-order valence-electron chi connectivity index (χ4n) is 3.82. The minimum atomic E-state index is -0.342. The third kappa shape index (κ3) is 4.31. The van der Waals surface area contributed by atoms with E-state index in [1.807, 2.05) is 24.3 Å². The number of aromatic amines is 1. The highest BCUT2D eigenvalue weighted by molar-refractivity contribution is 5.78. The summed E-state index contributed by atoms with van der Waals surface area (Å²) in [7, 11) is 1.61. The van der Waals surface area contributed by atoms with Gasteiger partial charge < -0.3 is 10.1 Å². The molecule has 0 radical (unpaired) electrons. The smallest absolute Gasteiger partial charge is 0.290 e. The van der Waals surface area contributed by atoms with Crippen LogP contribution in [0.2, 0.25) is 0 Å². The largest absolute Gasteiger partial charge is 0.497 e. The summed E-state index contributed by atoms with van der Waals surface area (Å²) >= 11 is 0. The zero-order valence-electron chi connectivity index (χ0n) is 16.5. The first kappa shape index (κ1) is 19.2. The van der Waals surface area contributed by atoms with Gasteiger partial charge in [-0.25, -0.2) is 9.61 Å². The van der Waals surface area contributed by atoms with Gasteiger partial charge in [0.05, 0.1) is 19.2 Å². The Bertz CT molecular complexity index is 1050. The van der Waals surface area contributed by atoms with Crippen LogP contribution in [-0.4, -0.2) is 38.9 Å². The molecule has 8 nitrogen and oxygen atoms in total. The Hall–Kier alpha value is -3.16. The predicted octanol–water partition coefficient (Wildman–Crippen LogP) is 2.47. The lowest BCUT2D eigenvalue weighted by molar-refractivity contribution is -0.121. The lowest BCUT2D eigenvalue weighted by atomic mass is 10.1. The van der Waals surface area contributed by atoms with Gasteiger partial charge in [0.15, 0.2) is 5.82 Å². The summed E-state index contributed by atoms with van der Waals surface area (Å²) in [5.41, 5.74) is 1.51. The monoisotopic (exact) mass is 395 g/mol. The maximum Gasteiger partial charge on any atom is 0.290 e. The highest BCUT2D eigenvalue weighted by Crippen LogP contribution is 2.22. The molecule has 3 aromatic rings. The van der Waals surface area contributed by atoms with Gasteiger partial charge in [-0.1, -0.05) is 25.7 Å². The van der Waals surface area contributed by atoms with Gasteiger partial charge in [-0.2, -0.15) is 10.2 Å². The summed E-state index contributed by atoms with van der Waals surface area (Å²) < 4.78 is 6.64. The topological polar surface area (TPSA) is 101 Å². The van der Waals surface area contributed by atoms with Crippen molar-refractivity contribution in [1.29, 1.82) is 0 Å². The molecule has 8 heteroatoms. The van der Waals surface area contributed by atoms with Crippen LogP contribution in [-0.2, 0) is 11.2 Å². The first-order chi connectivity index (χ1) is 14.1. The Morgan fingerprint density at radius 3 is 2.62 bits per heavy atom. The molecule has 1 aliphatic carbocycles. The van der Waals surface area contributed by atoms with Crippen molar-refractivity contribution in [3.8, 4) is 17.0 Å². The number of ether oxygens (including phenoxy) is 1. The summed E-state index contributed by atoms with van der Waals surface area (Å²) in [4.78, 5) is 24.8. The summed E-state index contributed by atoms with van der Waals surface area (Å²) in [6.07, 6.45) is 6.86. The molecule has 0 bridgehead atoms. The molecule has 152 valence electrons. The van der Waals surface area contributed by atoms with E-state index in [9.17, 15) is 9.59 Å². The van der Waals surface area contributed by atoms with E-state index in [0.29, 0.717) is 17.0 Å². The number of fused-ring (bicyclic) bond motifs is 1. The van der Waals surface area contributed by atoms with Gasteiger partial charge in [-0.05, 0) is 43.2 Å². The zero-order chi connectivity index (χ0) is 20.2. The van der Waals surface area contributed by atoms with Gasteiger partial charge >= 0.3 is 0 Å². The van der Waals surface area contributed by atoms with Crippen LogP contribution in [0.1, 0.15) is 44.3 Å². The molecule has 1 aliphatic rings. The number of nitrogens with zero attached hydrogens (tertiary/aromatic N) is 3. The standard InChI is InChI=1S/C21H25N5O3/c1-29-16-10-8-14(9-11-16)17-12-18-21(28)24-23-19(26(18)25-17)13-20(27)22-15-6-4-2-3-5-7-15/h8-12,15H,2-7,13H2,1H3,(H,22,27)(H,24,28). The van der Waals surface area contributed by atoms with Crippen molar-refractivity contribution in [2.24, 2.45) is 0 Å². The summed E-state index contributed by atoms with van der Waals surface area (Å²) in [6.45, 7) is 0. The summed E-state index contributed by atoms with van der Waals surface area (Å²) in [5.74, 6) is 1.05. The van der Waals surface area contributed by atoms with Crippen LogP contribution in [0.25, 0.3) is 16.8 Å². The van der Waals surface area contributed by atoms with Crippen molar-refractivity contribution in [2.75, 3.05) is 7.11 Å². The third-order valence-electron chi connectivity index (χ3n) is 5.40. The van der Waals surface area contributed by atoms with Crippen molar-refractivity contribution in [2.45, 2.75) is 51.0 Å². The number of amides is 1. The number of rotatable bonds is 5. The van der Waals surface area contributed by atoms with E-state index in [0.717, 1.165) is 37.0 Å². The SMILES string of the molecule is COc1ccc(-c2cc3c(=O)[nH]nc(CC(=O)NC4CCCCCC4)n3n2)cc1. The van der Waals surface area contributed by atoms with Gasteiger partial charge in [0.2, 0.25) is 5.91 Å². The lowest BCUT2D eigenvalue weighted by Gasteiger charge is -2.16. The lowest BCUT2D eigenvalue weighted by Crippen LogP contribution is -2.36. The van der Waals surface area contributed by atoms with E-state index < -0.39 is 0 Å². The van der Waals surface area contributed by atoms with Crippen LogP contribution in [0.5, 0.6) is 5.75 Å². The Morgan fingerprint density at radius 1 is 1.21 bits per heavy atom. The fraction of sp³-hybridized carbons (Fsp3) is 0.429. The second kappa shape index (κ2) is 8.46. The maximum absolute atomic E-state index is 12.6. The van der Waals surface area contributed by atoms with Gasteiger partial charge in [-0.3, -0.25) is 9.59 Å². The average Bonchev–Trinajstić information content (AvgIpc) is 3.04. The molecule has 2 N–H and O–H groups in total. The number of carbonyl (C=O) groups is 1. The second-order valence-electron chi connectivity index (χ2n) is 7.46. The number of methoxy groups -OCH3 is 1. The maximum atomic E-state index is 12.6. The minimum absolute atomic E-state index is 0.0630. The number of nitrogens with one attached hydrogen (secondary N) is 2. The molecule has 1 aromatic carbocycles. The van der Waals surface area contributed by atoms with Crippen molar-refractivity contribution in [1.82, 2.24) is 25.1 Å². The third-order valence-corrected chi connectivity index (χ3v) is 5.40. The molecule has 1 amide bonds. The van der Waals surface area contributed by atoms with Gasteiger partial charge in [0.25, 0.3) is 5.56 Å². The molecule has 1 saturated carbocycles. The predicted molar refractivity (Wildman–Crippen MR) is 109 cm³/mol. The quantitative estimate of drug-likeness (QED) is 0.646. The van der Waals surface area contributed by atoms with Crippen molar-refractivity contribution in [3.63, 3.8) is 0 Å². The molecule has 2 heterocycles.